The van der Waals surface area contributed by atoms with E-state index in [1.807, 2.05) is 36.5 Å². The van der Waals surface area contributed by atoms with Gasteiger partial charge in [-0.25, -0.2) is 4.79 Å². The fourth-order valence-corrected chi connectivity index (χ4v) is 10.2. The van der Waals surface area contributed by atoms with Crippen LogP contribution >= 0.6 is 11.6 Å². The summed E-state index contributed by atoms with van der Waals surface area (Å²) in [5.41, 5.74) is 6.14. The van der Waals surface area contributed by atoms with E-state index >= 15 is 0 Å². The van der Waals surface area contributed by atoms with Gasteiger partial charge in [0.2, 0.25) is 0 Å². The van der Waals surface area contributed by atoms with Crippen molar-refractivity contribution in [1.82, 2.24) is 10.3 Å². The van der Waals surface area contributed by atoms with Crippen LogP contribution in [0.15, 0.2) is 85.1 Å². The van der Waals surface area contributed by atoms with E-state index in [9.17, 15) is 9.90 Å². The number of aliphatic carboxylic acids is 1. The van der Waals surface area contributed by atoms with Crippen LogP contribution in [0.5, 0.6) is 11.5 Å². The third kappa shape index (κ3) is 9.80. The number of aryl methyl sites for hydroxylation is 2. The number of carboxylic acids is 1. The highest BCUT2D eigenvalue weighted by molar-refractivity contribution is 6.30. The van der Waals surface area contributed by atoms with Crippen molar-refractivity contribution in [3.05, 3.63) is 118 Å². The number of pyridine rings is 1. The summed E-state index contributed by atoms with van der Waals surface area (Å²) in [6, 6.07) is 26.9. The van der Waals surface area contributed by atoms with E-state index in [4.69, 9.17) is 21.1 Å². The van der Waals surface area contributed by atoms with Crippen LogP contribution in [-0.4, -0.2) is 47.9 Å². The zero-order valence-electron chi connectivity index (χ0n) is 34.2. The van der Waals surface area contributed by atoms with E-state index in [2.05, 4.69) is 84.9 Å². The molecule has 57 heavy (non-hydrogen) atoms. The second-order valence-corrected chi connectivity index (χ2v) is 18.0. The molecule has 4 atom stereocenters. The lowest BCUT2D eigenvalue weighted by Crippen LogP contribution is -2.53. The first-order chi connectivity index (χ1) is 27.6. The van der Waals surface area contributed by atoms with Crippen LogP contribution in [-0.2, 0) is 29.5 Å². The van der Waals surface area contributed by atoms with Crippen molar-refractivity contribution in [2.45, 2.75) is 115 Å². The van der Waals surface area contributed by atoms with Gasteiger partial charge in [0, 0.05) is 28.2 Å². The highest BCUT2D eigenvalue weighted by atomic mass is 35.5. The molecule has 0 aliphatic heterocycles. The third-order valence-electron chi connectivity index (χ3n) is 13.3. The molecule has 3 aromatic carbocycles. The molecule has 1 fully saturated rings. The van der Waals surface area contributed by atoms with Gasteiger partial charge in [0.1, 0.15) is 17.0 Å². The fraction of sp³-hybridized carbons (Fsp3) is 0.510. The maximum atomic E-state index is 13.1. The van der Waals surface area contributed by atoms with Crippen molar-refractivity contribution >= 4 is 23.3 Å². The van der Waals surface area contributed by atoms with Gasteiger partial charge in [-0.3, -0.25) is 4.98 Å². The molecule has 304 valence electrons. The van der Waals surface area contributed by atoms with Crippen molar-refractivity contribution in [1.29, 1.82) is 0 Å². The van der Waals surface area contributed by atoms with Crippen LogP contribution in [0.3, 0.4) is 0 Å². The largest absolute Gasteiger partial charge is 0.493 e. The Labute approximate surface area is 345 Å². The molecule has 0 unspecified atom stereocenters. The zero-order chi connectivity index (χ0) is 39.8. The minimum atomic E-state index is -1.06. The Morgan fingerprint density at radius 1 is 0.947 bits per heavy atom. The van der Waals surface area contributed by atoms with Crippen molar-refractivity contribution in [3.8, 4) is 11.5 Å². The summed E-state index contributed by atoms with van der Waals surface area (Å²) in [6.07, 6.45) is 13.2. The Morgan fingerprint density at radius 3 is 2.54 bits per heavy atom. The van der Waals surface area contributed by atoms with Crippen LogP contribution in [0, 0.1) is 17.8 Å². The number of anilines is 1. The average molecular weight is 793 g/mol. The van der Waals surface area contributed by atoms with Gasteiger partial charge < -0.3 is 25.2 Å². The molecule has 0 radical (unpaired) electrons. The SMILES string of the molecule is C[C@@H](CCNCCCc1ccccc1)COc1ccc2c(c1)C1(CCC(Nc3cccc(Cl)c3)(C(=O)O)CC1)[C@@H](C[C@@H](C)COc1ccnc3c1[C@H](C)CCC3)C2. The van der Waals surface area contributed by atoms with Gasteiger partial charge in [0.05, 0.1) is 13.2 Å². The predicted octanol–water partition coefficient (Wildman–Crippen LogP) is 10.8. The lowest BCUT2D eigenvalue weighted by atomic mass is 9.59. The maximum Gasteiger partial charge on any atom is 0.329 e. The van der Waals surface area contributed by atoms with Crippen molar-refractivity contribution in [3.63, 3.8) is 0 Å². The minimum absolute atomic E-state index is 0.141. The lowest BCUT2D eigenvalue weighted by molar-refractivity contribution is -0.144. The molecular weight excluding hydrogens is 730 g/mol. The van der Waals surface area contributed by atoms with Crippen LogP contribution in [0.1, 0.15) is 112 Å². The number of nitrogens with one attached hydrogen (secondary N) is 2. The quantitative estimate of drug-likeness (QED) is 0.0864. The standard InChI is InChI=1S/C49H62ClN3O4/c1-34(19-26-51-25-9-13-37-11-5-4-6-12-37)32-56-42-18-17-38-29-39(28-35(2)33-57-45-20-27-52-44-16-7-10-36(3)46(44)45)48(43(38)31-42)21-23-49(24-22-48,47(54)55)53-41-15-8-14-40(50)30-41/h4-6,8,11-12,14-15,17-18,20,27,30-31,34-36,39,51,53H,7,9-10,13,16,19,21-26,28-29,32-33H2,1-3H3,(H,54,55)/t34-,35+,36+,39-,48?,49?/m0/s1. The Morgan fingerprint density at radius 2 is 1.75 bits per heavy atom. The van der Waals surface area contributed by atoms with E-state index in [1.54, 1.807) is 0 Å². The van der Waals surface area contributed by atoms with Crippen LogP contribution in [0.2, 0.25) is 5.02 Å². The van der Waals surface area contributed by atoms with E-state index in [1.165, 1.54) is 40.8 Å². The number of hydrogen-bond donors (Lipinski definition) is 3. The van der Waals surface area contributed by atoms with E-state index in [0.717, 1.165) is 81.6 Å². The Kier molecular flexibility index (Phi) is 13.5. The molecule has 0 amide bonds. The number of ether oxygens (including phenoxy) is 2. The number of nitrogens with zero attached hydrogens (tertiary/aromatic N) is 1. The number of benzene rings is 3. The van der Waals surface area contributed by atoms with E-state index < -0.39 is 11.5 Å². The van der Waals surface area contributed by atoms with Crippen LogP contribution in [0.25, 0.3) is 0 Å². The molecular formula is C49H62ClN3O4. The average Bonchev–Trinajstić information content (AvgIpc) is 3.49. The first-order valence-corrected chi connectivity index (χ1v) is 21.9. The van der Waals surface area contributed by atoms with Crippen molar-refractivity contribution in [2.75, 3.05) is 31.6 Å². The molecule has 8 heteroatoms. The second-order valence-electron chi connectivity index (χ2n) is 17.6. The zero-order valence-corrected chi connectivity index (χ0v) is 35.0. The Bertz CT molecular complexity index is 1940. The van der Waals surface area contributed by atoms with E-state index in [-0.39, 0.29) is 5.41 Å². The Hall–Kier alpha value is -4.07. The number of halogens is 1. The van der Waals surface area contributed by atoms with Gasteiger partial charge in [-0.15, -0.1) is 0 Å². The topological polar surface area (TPSA) is 92.7 Å². The number of carbonyl (C=O) groups is 1. The first kappa shape index (κ1) is 41.1. The molecule has 0 bridgehead atoms. The highest BCUT2D eigenvalue weighted by Gasteiger charge is 2.54. The minimum Gasteiger partial charge on any atom is -0.493 e. The van der Waals surface area contributed by atoms with Crippen LogP contribution < -0.4 is 20.1 Å². The number of hydrogen-bond acceptors (Lipinski definition) is 6. The van der Waals surface area contributed by atoms with Crippen molar-refractivity contribution in [2.24, 2.45) is 17.8 Å². The number of fused-ring (bicyclic) bond motifs is 3. The number of aromatic nitrogens is 1. The fourth-order valence-electron chi connectivity index (χ4n) is 10.0. The van der Waals surface area contributed by atoms with Gasteiger partial charge in [0.15, 0.2) is 0 Å². The Balaban J connectivity index is 1.02. The predicted molar refractivity (Wildman–Crippen MR) is 231 cm³/mol. The summed E-state index contributed by atoms with van der Waals surface area (Å²) in [4.78, 5) is 17.8. The molecule has 7 rings (SSSR count). The van der Waals surface area contributed by atoms with Gasteiger partial charge in [-0.1, -0.05) is 74.8 Å². The molecule has 3 aliphatic carbocycles. The van der Waals surface area contributed by atoms with E-state index in [0.29, 0.717) is 54.7 Å². The molecule has 3 aliphatic rings. The molecule has 0 saturated heterocycles. The molecule has 1 aromatic heterocycles. The summed E-state index contributed by atoms with van der Waals surface area (Å²) < 4.78 is 13.1. The summed E-state index contributed by atoms with van der Waals surface area (Å²) in [5, 5.41) is 18.4. The van der Waals surface area contributed by atoms with Crippen LogP contribution in [0.4, 0.5) is 5.69 Å². The summed E-state index contributed by atoms with van der Waals surface area (Å²) in [7, 11) is 0. The van der Waals surface area contributed by atoms with Gasteiger partial charge >= 0.3 is 5.97 Å². The normalized spacial score (nSPS) is 23.6. The monoisotopic (exact) mass is 791 g/mol. The summed E-state index contributed by atoms with van der Waals surface area (Å²) in [5.74, 6) is 2.68. The molecule has 4 aromatic rings. The molecule has 7 nitrogen and oxygen atoms in total. The molecule has 1 heterocycles. The molecule has 1 spiro atoms. The summed E-state index contributed by atoms with van der Waals surface area (Å²) >= 11 is 6.32. The van der Waals surface area contributed by atoms with Crippen molar-refractivity contribution < 1.29 is 19.4 Å². The van der Waals surface area contributed by atoms with Gasteiger partial charge in [-0.05, 0) is 172 Å². The molecule has 3 N–H and O–H groups in total. The van der Waals surface area contributed by atoms with Gasteiger partial charge in [-0.2, -0.15) is 0 Å². The molecule has 1 saturated carbocycles. The highest BCUT2D eigenvalue weighted by Crippen LogP contribution is 2.57. The smallest absolute Gasteiger partial charge is 0.329 e. The number of carboxylic acid groups (broad SMARTS) is 1. The van der Waals surface area contributed by atoms with Gasteiger partial charge in [0.25, 0.3) is 0 Å². The summed E-state index contributed by atoms with van der Waals surface area (Å²) in [6.45, 7) is 10.2. The lowest BCUT2D eigenvalue weighted by Gasteiger charge is -2.47. The maximum absolute atomic E-state index is 13.1. The second kappa shape index (κ2) is 18.7. The third-order valence-corrected chi connectivity index (χ3v) is 13.5. The first-order valence-electron chi connectivity index (χ1n) is 21.5. The number of rotatable bonds is 18.